The lowest BCUT2D eigenvalue weighted by Crippen LogP contribution is -2.41. The normalized spacial score (nSPS) is 22.1. The summed E-state index contributed by atoms with van der Waals surface area (Å²) in [6.45, 7) is 8.09. The molecule has 0 spiro atoms. The highest BCUT2D eigenvalue weighted by Crippen LogP contribution is 2.23. The molecular formula is C12H23NO4. The van der Waals surface area contributed by atoms with Gasteiger partial charge in [-0.3, -0.25) is 4.79 Å². The fraction of sp³-hybridized carbons (Fsp3) is 0.917. The Balaban J connectivity index is 2.14. The first-order chi connectivity index (χ1) is 7.94. The lowest BCUT2D eigenvalue weighted by Gasteiger charge is -2.34. The van der Waals surface area contributed by atoms with Gasteiger partial charge >= 0.3 is 5.97 Å². The van der Waals surface area contributed by atoms with Crippen LogP contribution in [0.3, 0.4) is 0 Å². The van der Waals surface area contributed by atoms with E-state index in [-0.39, 0.29) is 23.7 Å². The van der Waals surface area contributed by atoms with Crippen molar-refractivity contribution >= 4 is 5.97 Å². The second kappa shape index (κ2) is 6.33. The maximum atomic E-state index is 11.1. The van der Waals surface area contributed by atoms with Crippen LogP contribution in [0.15, 0.2) is 0 Å². The molecule has 0 bridgehead atoms. The number of nitrogens with one attached hydrogen (secondary N) is 1. The van der Waals surface area contributed by atoms with E-state index in [0.29, 0.717) is 19.8 Å². The molecule has 100 valence electrons. The summed E-state index contributed by atoms with van der Waals surface area (Å²) in [6.07, 6.45) is 0.567. The van der Waals surface area contributed by atoms with Gasteiger partial charge in [0, 0.05) is 18.4 Å². The second-order valence-corrected chi connectivity index (χ2v) is 5.20. The summed E-state index contributed by atoms with van der Waals surface area (Å²) in [5.41, 5.74) is 0.100. The Hall–Kier alpha value is -0.650. The Labute approximate surface area is 103 Å². The Kier molecular flexibility index (Phi) is 5.36. The van der Waals surface area contributed by atoms with Gasteiger partial charge in [-0.15, -0.1) is 0 Å². The van der Waals surface area contributed by atoms with E-state index in [2.05, 4.69) is 23.9 Å². The molecule has 5 heteroatoms. The number of methoxy groups -OCH3 is 1. The number of carbonyl (C=O) groups excluding carboxylic acids is 1. The first-order valence-corrected chi connectivity index (χ1v) is 5.99. The van der Waals surface area contributed by atoms with Crippen LogP contribution in [0, 0.1) is 5.41 Å². The van der Waals surface area contributed by atoms with Crippen molar-refractivity contribution in [3.8, 4) is 0 Å². The maximum Gasteiger partial charge on any atom is 0.322 e. The standard InChI is InChI=1S/C12H23NO4/c1-9(11(14)15-4)13-6-5-10-16-7-12(2,3)8-17-10/h9-10,13H,5-8H2,1-4H3/t9-/m0/s1. The van der Waals surface area contributed by atoms with E-state index in [1.807, 2.05) is 0 Å². The van der Waals surface area contributed by atoms with Crippen LogP contribution in [0.1, 0.15) is 27.2 Å². The largest absolute Gasteiger partial charge is 0.468 e. The summed E-state index contributed by atoms with van der Waals surface area (Å²) in [6, 6.07) is -0.292. The molecule has 1 atom stereocenters. The summed E-state index contributed by atoms with van der Waals surface area (Å²) < 4.78 is 15.8. The number of ether oxygens (including phenoxy) is 3. The van der Waals surface area contributed by atoms with Gasteiger partial charge in [0.2, 0.25) is 0 Å². The van der Waals surface area contributed by atoms with Crippen molar-refractivity contribution in [2.45, 2.75) is 39.5 Å². The maximum absolute atomic E-state index is 11.1. The first kappa shape index (κ1) is 14.4. The zero-order chi connectivity index (χ0) is 12.9. The molecule has 0 aromatic heterocycles. The molecule has 0 amide bonds. The predicted molar refractivity (Wildman–Crippen MR) is 63.6 cm³/mol. The van der Waals surface area contributed by atoms with Gasteiger partial charge in [-0.2, -0.15) is 0 Å². The van der Waals surface area contributed by atoms with Gasteiger partial charge in [-0.1, -0.05) is 13.8 Å². The van der Waals surface area contributed by atoms with Crippen LogP contribution in [-0.2, 0) is 19.0 Å². The van der Waals surface area contributed by atoms with E-state index in [4.69, 9.17) is 9.47 Å². The topological polar surface area (TPSA) is 56.8 Å². The zero-order valence-electron chi connectivity index (χ0n) is 11.1. The molecular weight excluding hydrogens is 222 g/mol. The highest BCUT2D eigenvalue weighted by Gasteiger charge is 2.28. The number of carbonyl (C=O) groups is 1. The van der Waals surface area contributed by atoms with Crippen molar-refractivity contribution in [2.75, 3.05) is 26.9 Å². The minimum atomic E-state index is -0.292. The number of hydrogen-bond donors (Lipinski definition) is 1. The third-order valence-electron chi connectivity index (χ3n) is 2.71. The molecule has 1 rings (SSSR count). The van der Waals surface area contributed by atoms with Crippen LogP contribution < -0.4 is 5.32 Å². The van der Waals surface area contributed by atoms with Crippen molar-refractivity contribution in [2.24, 2.45) is 5.41 Å². The number of hydrogen-bond acceptors (Lipinski definition) is 5. The van der Waals surface area contributed by atoms with Crippen LogP contribution in [0.2, 0.25) is 0 Å². The fourth-order valence-corrected chi connectivity index (χ4v) is 1.57. The van der Waals surface area contributed by atoms with Crippen molar-refractivity contribution in [3.05, 3.63) is 0 Å². The summed E-state index contributed by atoms with van der Waals surface area (Å²) in [5, 5.41) is 3.07. The van der Waals surface area contributed by atoms with E-state index >= 15 is 0 Å². The average molecular weight is 245 g/mol. The van der Waals surface area contributed by atoms with Crippen molar-refractivity contribution in [1.82, 2.24) is 5.32 Å². The molecule has 17 heavy (non-hydrogen) atoms. The van der Waals surface area contributed by atoms with Crippen molar-refractivity contribution in [1.29, 1.82) is 0 Å². The van der Waals surface area contributed by atoms with E-state index in [1.165, 1.54) is 7.11 Å². The Bertz CT molecular complexity index is 245. The summed E-state index contributed by atoms with van der Waals surface area (Å²) in [5.74, 6) is -0.253. The van der Waals surface area contributed by atoms with Gasteiger partial charge in [-0.05, 0) is 6.92 Å². The van der Waals surface area contributed by atoms with Gasteiger partial charge in [0.05, 0.1) is 20.3 Å². The molecule has 1 aliphatic heterocycles. The SMILES string of the molecule is COC(=O)[C@H](C)NCCC1OCC(C)(C)CO1. The number of esters is 1. The third kappa shape index (κ3) is 5.02. The van der Waals surface area contributed by atoms with Crippen molar-refractivity contribution in [3.63, 3.8) is 0 Å². The molecule has 5 nitrogen and oxygen atoms in total. The van der Waals surface area contributed by atoms with Gasteiger partial charge < -0.3 is 19.5 Å². The summed E-state index contributed by atoms with van der Waals surface area (Å²) >= 11 is 0. The molecule has 1 aliphatic rings. The molecule has 1 heterocycles. The zero-order valence-corrected chi connectivity index (χ0v) is 11.1. The molecule has 0 radical (unpaired) electrons. The smallest absolute Gasteiger partial charge is 0.322 e. The predicted octanol–water partition coefficient (Wildman–Crippen LogP) is 0.927. The van der Waals surface area contributed by atoms with Crippen LogP contribution in [0.5, 0.6) is 0 Å². The molecule has 0 aromatic rings. The second-order valence-electron chi connectivity index (χ2n) is 5.20. The van der Waals surface area contributed by atoms with Gasteiger partial charge in [0.25, 0.3) is 0 Å². The summed E-state index contributed by atoms with van der Waals surface area (Å²) in [4.78, 5) is 11.1. The van der Waals surface area contributed by atoms with E-state index in [1.54, 1.807) is 6.92 Å². The first-order valence-electron chi connectivity index (χ1n) is 5.99. The van der Waals surface area contributed by atoms with E-state index in [9.17, 15) is 4.79 Å². The van der Waals surface area contributed by atoms with E-state index in [0.717, 1.165) is 6.42 Å². The molecule has 0 saturated carbocycles. The molecule has 0 unspecified atom stereocenters. The van der Waals surface area contributed by atoms with Crippen LogP contribution >= 0.6 is 0 Å². The third-order valence-corrected chi connectivity index (χ3v) is 2.71. The van der Waals surface area contributed by atoms with Gasteiger partial charge in [0.1, 0.15) is 6.04 Å². The minimum Gasteiger partial charge on any atom is -0.468 e. The molecule has 1 fully saturated rings. The molecule has 1 saturated heterocycles. The quantitative estimate of drug-likeness (QED) is 0.730. The fourth-order valence-electron chi connectivity index (χ4n) is 1.57. The van der Waals surface area contributed by atoms with Gasteiger partial charge in [-0.25, -0.2) is 0 Å². The molecule has 0 aliphatic carbocycles. The lowest BCUT2D eigenvalue weighted by molar-refractivity contribution is -0.223. The minimum absolute atomic E-state index is 0.100. The Morgan fingerprint density at radius 2 is 2.06 bits per heavy atom. The van der Waals surface area contributed by atoms with Gasteiger partial charge in [0.15, 0.2) is 6.29 Å². The monoisotopic (exact) mass is 245 g/mol. The average Bonchev–Trinajstić information content (AvgIpc) is 2.30. The van der Waals surface area contributed by atoms with Crippen LogP contribution in [0.4, 0.5) is 0 Å². The highest BCUT2D eigenvalue weighted by molar-refractivity contribution is 5.74. The van der Waals surface area contributed by atoms with E-state index < -0.39 is 0 Å². The Morgan fingerprint density at radius 3 is 2.59 bits per heavy atom. The molecule has 1 N–H and O–H groups in total. The Morgan fingerprint density at radius 1 is 1.47 bits per heavy atom. The van der Waals surface area contributed by atoms with Crippen molar-refractivity contribution < 1.29 is 19.0 Å². The van der Waals surface area contributed by atoms with Crippen LogP contribution in [-0.4, -0.2) is 45.2 Å². The molecule has 0 aromatic carbocycles. The summed E-state index contributed by atoms with van der Waals surface area (Å²) in [7, 11) is 1.38. The highest BCUT2D eigenvalue weighted by atomic mass is 16.7. The number of rotatable bonds is 5. The van der Waals surface area contributed by atoms with Crippen LogP contribution in [0.25, 0.3) is 0 Å². The lowest BCUT2D eigenvalue weighted by atomic mass is 9.95.